The molecule has 7 nitrogen and oxygen atoms in total. The molecule has 0 aliphatic rings. The summed E-state index contributed by atoms with van der Waals surface area (Å²) in [5.41, 5.74) is 6.32. The van der Waals surface area contributed by atoms with Gasteiger partial charge in [0.05, 0.1) is 17.1 Å². The summed E-state index contributed by atoms with van der Waals surface area (Å²) in [6.45, 7) is 3.91. The molecule has 0 saturated heterocycles. The first-order valence-corrected chi connectivity index (χ1v) is 9.31. The normalized spacial score (nSPS) is 10.3. The highest BCUT2D eigenvalue weighted by atomic mass is 79.9. The zero-order valence-electron chi connectivity index (χ0n) is 15.7. The first-order chi connectivity index (χ1) is 13.3. The molecular formula is C20H21BrN2O5. The van der Waals surface area contributed by atoms with Gasteiger partial charge in [-0.15, -0.1) is 0 Å². The Kier molecular flexibility index (Phi) is 7.57. The molecule has 2 aromatic carbocycles. The number of rotatable bonds is 6. The first-order valence-electron chi connectivity index (χ1n) is 8.51. The predicted molar refractivity (Wildman–Crippen MR) is 107 cm³/mol. The van der Waals surface area contributed by atoms with E-state index in [0.717, 1.165) is 10.0 Å². The largest absolute Gasteiger partial charge is 0.483 e. The van der Waals surface area contributed by atoms with Crippen LogP contribution in [0.2, 0.25) is 0 Å². The van der Waals surface area contributed by atoms with Crippen molar-refractivity contribution in [2.24, 2.45) is 0 Å². The van der Waals surface area contributed by atoms with Crippen molar-refractivity contribution in [2.45, 2.75) is 19.8 Å². The maximum Gasteiger partial charge on any atom is 0.337 e. The Morgan fingerprint density at radius 2 is 1.64 bits per heavy atom. The second-order valence-corrected chi connectivity index (χ2v) is 7.06. The van der Waals surface area contributed by atoms with Gasteiger partial charge in [0, 0.05) is 5.56 Å². The van der Waals surface area contributed by atoms with E-state index in [1.807, 2.05) is 12.1 Å². The summed E-state index contributed by atoms with van der Waals surface area (Å²) in [6.07, 6.45) is 0. The molecule has 0 aliphatic carbocycles. The molecule has 0 aromatic heterocycles. The van der Waals surface area contributed by atoms with E-state index in [2.05, 4.69) is 45.4 Å². The van der Waals surface area contributed by atoms with Gasteiger partial charge in [-0.1, -0.05) is 19.9 Å². The molecule has 0 heterocycles. The monoisotopic (exact) mass is 448 g/mol. The van der Waals surface area contributed by atoms with Crippen molar-refractivity contribution < 1.29 is 23.9 Å². The zero-order valence-corrected chi connectivity index (χ0v) is 17.3. The number of halogens is 1. The molecule has 2 N–H and O–H groups in total. The molecular weight excluding hydrogens is 428 g/mol. The maximum atomic E-state index is 12.0. The minimum atomic E-state index is -0.521. The van der Waals surface area contributed by atoms with Gasteiger partial charge in [-0.2, -0.15) is 0 Å². The average Bonchev–Trinajstić information content (AvgIpc) is 2.70. The van der Waals surface area contributed by atoms with Crippen LogP contribution in [-0.2, 0) is 9.53 Å². The van der Waals surface area contributed by atoms with Crippen LogP contribution >= 0.6 is 15.9 Å². The third-order valence-corrected chi connectivity index (χ3v) is 4.48. The predicted octanol–water partition coefficient (Wildman–Crippen LogP) is 3.20. The molecule has 0 atom stereocenters. The molecule has 0 saturated carbocycles. The highest BCUT2D eigenvalue weighted by Gasteiger charge is 2.11. The average molecular weight is 449 g/mol. The van der Waals surface area contributed by atoms with E-state index in [9.17, 15) is 14.4 Å². The van der Waals surface area contributed by atoms with Gasteiger partial charge in [0.15, 0.2) is 6.61 Å². The number of carbonyl (C=O) groups excluding carboxylic acids is 3. The van der Waals surface area contributed by atoms with Crippen molar-refractivity contribution >= 4 is 33.7 Å². The molecule has 2 amide bonds. The smallest absolute Gasteiger partial charge is 0.337 e. The third-order valence-electron chi connectivity index (χ3n) is 3.87. The van der Waals surface area contributed by atoms with Gasteiger partial charge in [0.2, 0.25) is 0 Å². The van der Waals surface area contributed by atoms with Crippen LogP contribution in [0.15, 0.2) is 46.9 Å². The van der Waals surface area contributed by atoms with Crippen LogP contribution in [0.3, 0.4) is 0 Å². The highest BCUT2D eigenvalue weighted by Crippen LogP contribution is 2.28. The van der Waals surface area contributed by atoms with E-state index >= 15 is 0 Å². The number of esters is 1. The fraction of sp³-hybridized carbons (Fsp3) is 0.250. The van der Waals surface area contributed by atoms with Gasteiger partial charge in [-0.05, 0) is 63.8 Å². The van der Waals surface area contributed by atoms with Crippen molar-refractivity contribution in [3.63, 3.8) is 0 Å². The second-order valence-electron chi connectivity index (χ2n) is 6.20. The minimum absolute atomic E-state index is 0.263. The Hall–Kier alpha value is -2.87. The number of nitrogens with one attached hydrogen (secondary N) is 2. The van der Waals surface area contributed by atoms with E-state index in [0.29, 0.717) is 17.2 Å². The molecule has 0 radical (unpaired) electrons. The maximum absolute atomic E-state index is 12.0. The molecule has 148 valence electrons. The molecule has 8 heteroatoms. The molecule has 0 unspecified atom stereocenters. The number of hydrogen-bond acceptors (Lipinski definition) is 5. The Morgan fingerprint density at radius 3 is 2.21 bits per heavy atom. The number of benzene rings is 2. The van der Waals surface area contributed by atoms with Crippen LogP contribution in [-0.4, -0.2) is 31.5 Å². The molecule has 28 heavy (non-hydrogen) atoms. The summed E-state index contributed by atoms with van der Waals surface area (Å²) in [5, 5.41) is 0. The summed E-state index contributed by atoms with van der Waals surface area (Å²) in [7, 11) is 1.28. The van der Waals surface area contributed by atoms with Gasteiger partial charge in [0.25, 0.3) is 11.8 Å². The van der Waals surface area contributed by atoms with E-state index in [-0.39, 0.29) is 12.2 Å². The van der Waals surface area contributed by atoms with E-state index < -0.39 is 17.8 Å². The lowest BCUT2D eigenvalue weighted by Crippen LogP contribution is -2.43. The van der Waals surface area contributed by atoms with Gasteiger partial charge in [0.1, 0.15) is 5.75 Å². The lowest BCUT2D eigenvalue weighted by Gasteiger charge is -2.12. The summed E-state index contributed by atoms with van der Waals surface area (Å²) in [6, 6.07) is 11.5. The van der Waals surface area contributed by atoms with Gasteiger partial charge >= 0.3 is 5.97 Å². The molecule has 0 spiro atoms. The van der Waals surface area contributed by atoms with Crippen LogP contribution in [0.5, 0.6) is 5.75 Å². The van der Waals surface area contributed by atoms with E-state index in [1.165, 1.54) is 31.4 Å². The van der Waals surface area contributed by atoms with Crippen LogP contribution in [0.4, 0.5) is 0 Å². The molecule has 2 aromatic rings. The third kappa shape index (κ3) is 5.82. The van der Waals surface area contributed by atoms with Crippen molar-refractivity contribution in [2.75, 3.05) is 13.7 Å². The fourth-order valence-electron chi connectivity index (χ4n) is 2.25. The van der Waals surface area contributed by atoms with Gasteiger partial charge in [-0.3, -0.25) is 20.4 Å². The Balaban J connectivity index is 1.83. The summed E-state index contributed by atoms with van der Waals surface area (Å²) in [4.78, 5) is 35.3. The lowest BCUT2D eigenvalue weighted by molar-refractivity contribution is -0.123. The first kappa shape index (κ1) is 21.4. The molecule has 0 bridgehead atoms. The molecule has 2 rings (SSSR count). The lowest BCUT2D eigenvalue weighted by atomic mass is 10.0. The highest BCUT2D eigenvalue weighted by molar-refractivity contribution is 9.10. The second kappa shape index (κ2) is 9.89. The van der Waals surface area contributed by atoms with Gasteiger partial charge in [-0.25, -0.2) is 4.79 Å². The number of hydrazine groups is 1. The summed E-state index contributed by atoms with van der Waals surface area (Å²) in [5.74, 6) is -0.619. The standard InChI is InChI=1S/C20H21BrN2O5/c1-12(2)15-8-9-17(16(21)10-15)28-11-18(24)22-23-19(25)13-4-6-14(7-5-13)20(26)27-3/h4-10,12H,11H2,1-3H3,(H,22,24)(H,23,25). The fourth-order valence-corrected chi connectivity index (χ4v) is 2.76. The Labute approximate surface area is 171 Å². The zero-order chi connectivity index (χ0) is 20.7. The quantitative estimate of drug-likeness (QED) is 0.522. The number of carbonyl (C=O) groups is 3. The van der Waals surface area contributed by atoms with Crippen LogP contribution < -0.4 is 15.6 Å². The topological polar surface area (TPSA) is 93.7 Å². The van der Waals surface area contributed by atoms with E-state index in [4.69, 9.17) is 4.74 Å². The SMILES string of the molecule is COC(=O)c1ccc(C(=O)NNC(=O)COc2ccc(C(C)C)cc2Br)cc1. The van der Waals surface area contributed by atoms with E-state index in [1.54, 1.807) is 6.07 Å². The van der Waals surface area contributed by atoms with Crippen LogP contribution in [0.1, 0.15) is 46.0 Å². The Morgan fingerprint density at radius 1 is 1.00 bits per heavy atom. The van der Waals surface area contributed by atoms with Crippen molar-refractivity contribution in [3.8, 4) is 5.75 Å². The van der Waals surface area contributed by atoms with Crippen LogP contribution in [0, 0.1) is 0 Å². The molecule has 0 aliphatic heterocycles. The minimum Gasteiger partial charge on any atom is -0.483 e. The molecule has 0 fully saturated rings. The van der Waals surface area contributed by atoms with Crippen LogP contribution in [0.25, 0.3) is 0 Å². The number of methoxy groups -OCH3 is 1. The Bertz CT molecular complexity index is 865. The van der Waals surface area contributed by atoms with Crippen molar-refractivity contribution in [1.29, 1.82) is 0 Å². The number of ether oxygens (including phenoxy) is 2. The number of amides is 2. The number of hydrogen-bond donors (Lipinski definition) is 2. The summed E-state index contributed by atoms with van der Waals surface area (Å²) < 4.78 is 10.8. The van der Waals surface area contributed by atoms with Crippen molar-refractivity contribution in [3.05, 3.63) is 63.6 Å². The summed E-state index contributed by atoms with van der Waals surface area (Å²) >= 11 is 3.42. The van der Waals surface area contributed by atoms with Crippen molar-refractivity contribution in [1.82, 2.24) is 10.9 Å². The van der Waals surface area contributed by atoms with Gasteiger partial charge < -0.3 is 9.47 Å².